The molecule has 0 radical (unpaired) electrons. The molecule has 0 unspecified atom stereocenters. The quantitative estimate of drug-likeness (QED) is 0.277. The van der Waals surface area contributed by atoms with Gasteiger partial charge >= 0.3 is 0 Å². The first kappa shape index (κ1) is 23.4. The highest BCUT2D eigenvalue weighted by atomic mass is 19.1. The van der Waals surface area contributed by atoms with E-state index in [9.17, 15) is 19.5 Å². The van der Waals surface area contributed by atoms with Gasteiger partial charge in [-0.3, -0.25) is 0 Å². The molecule has 1 aliphatic heterocycles. The fraction of sp³-hybridized carbons (Fsp3) is 0.231. The summed E-state index contributed by atoms with van der Waals surface area (Å²) in [5.74, 6) is 0.198. The number of nitroso groups, excluding NO2 is 1. The van der Waals surface area contributed by atoms with Crippen LogP contribution in [0, 0.1) is 10.7 Å². The second-order valence-corrected chi connectivity index (χ2v) is 8.33. The van der Waals surface area contributed by atoms with Gasteiger partial charge in [-0.2, -0.15) is 0 Å². The van der Waals surface area contributed by atoms with Gasteiger partial charge in [0.1, 0.15) is 11.6 Å². The lowest BCUT2D eigenvalue weighted by atomic mass is 10.1. The van der Waals surface area contributed by atoms with Crippen LogP contribution in [0.3, 0.4) is 0 Å². The number of anilines is 1. The fourth-order valence-corrected chi connectivity index (χ4v) is 4.38. The second-order valence-electron chi connectivity index (χ2n) is 8.33. The summed E-state index contributed by atoms with van der Waals surface area (Å²) in [5.41, 5.74) is 3.04. The first-order valence-electron chi connectivity index (χ1n) is 11.4. The molecule has 4 aromatic rings. The van der Waals surface area contributed by atoms with Crippen LogP contribution in [-0.2, 0) is 24.4 Å². The summed E-state index contributed by atoms with van der Waals surface area (Å²) >= 11 is 0. The molecule has 186 valence electrons. The summed E-state index contributed by atoms with van der Waals surface area (Å²) in [6.07, 6.45) is 0. The Labute approximate surface area is 205 Å². The molecular weight excluding hydrogens is 469 g/mol. The maximum atomic E-state index is 14.2. The largest absolute Gasteiger partial charge is 0.504 e. The van der Waals surface area contributed by atoms with Gasteiger partial charge in [-0.1, -0.05) is 6.07 Å². The normalized spacial score (nSPS) is 12.7. The molecule has 2 heterocycles. The van der Waals surface area contributed by atoms with Crippen molar-refractivity contribution in [1.82, 2.24) is 4.57 Å². The van der Waals surface area contributed by atoms with Gasteiger partial charge in [0.25, 0.3) is 0 Å². The lowest BCUT2D eigenvalue weighted by molar-refractivity contribution is -0.0173. The Bertz CT molecular complexity index is 1450. The maximum absolute atomic E-state index is 14.2. The average molecular weight is 493 g/mol. The lowest BCUT2D eigenvalue weighted by Gasteiger charge is -2.21. The molecule has 0 spiro atoms. The van der Waals surface area contributed by atoms with Crippen LogP contribution in [0.15, 0.2) is 53.7 Å². The number of hydrogen-bond donors (Lipinski definition) is 3. The van der Waals surface area contributed by atoms with Crippen molar-refractivity contribution in [3.8, 4) is 23.1 Å². The van der Waals surface area contributed by atoms with Crippen LogP contribution in [0.5, 0.6) is 23.1 Å². The van der Waals surface area contributed by atoms with E-state index in [1.807, 2.05) is 13.0 Å². The number of phenols is 1. The number of hydrogen-bond acceptors (Lipinski definition) is 8. The van der Waals surface area contributed by atoms with Gasteiger partial charge in [-0.05, 0) is 60.1 Å². The van der Waals surface area contributed by atoms with Crippen molar-refractivity contribution < 1.29 is 28.8 Å². The maximum Gasteiger partial charge on any atom is 0.222 e. The molecule has 3 N–H and O–H groups in total. The van der Waals surface area contributed by atoms with Gasteiger partial charge in [0, 0.05) is 28.7 Å². The predicted octanol–water partition coefficient (Wildman–Crippen LogP) is 5.52. The van der Waals surface area contributed by atoms with Crippen LogP contribution in [0.25, 0.3) is 10.9 Å². The number of rotatable bonds is 8. The van der Waals surface area contributed by atoms with E-state index in [0.29, 0.717) is 52.4 Å². The SMILES string of the molecule is CCOc1ccc(CNc2ccc3c(c2)c(N=O)c(O)n3Cc2cc(F)cc3c2OCOC3)cc1O. The average Bonchev–Trinajstić information content (AvgIpc) is 3.14. The van der Waals surface area contributed by atoms with Crippen molar-refractivity contribution >= 4 is 22.3 Å². The van der Waals surface area contributed by atoms with Gasteiger partial charge in [-0.25, -0.2) is 4.39 Å². The van der Waals surface area contributed by atoms with Crippen LogP contribution in [0.4, 0.5) is 15.8 Å². The van der Waals surface area contributed by atoms with E-state index in [4.69, 9.17) is 14.2 Å². The van der Waals surface area contributed by atoms with Crippen molar-refractivity contribution in [3.05, 3.63) is 75.9 Å². The molecule has 0 saturated carbocycles. The first-order valence-corrected chi connectivity index (χ1v) is 11.4. The predicted molar refractivity (Wildman–Crippen MR) is 131 cm³/mol. The molecular formula is C26H24FN3O6. The second kappa shape index (κ2) is 9.74. The molecule has 0 fully saturated rings. The molecule has 5 rings (SSSR count). The van der Waals surface area contributed by atoms with E-state index >= 15 is 0 Å². The zero-order valence-corrected chi connectivity index (χ0v) is 19.5. The minimum Gasteiger partial charge on any atom is -0.504 e. The summed E-state index contributed by atoms with van der Waals surface area (Å²) in [7, 11) is 0. The third kappa shape index (κ3) is 4.38. The number of benzene rings is 3. The number of aromatic nitrogens is 1. The van der Waals surface area contributed by atoms with E-state index in [2.05, 4.69) is 10.5 Å². The lowest BCUT2D eigenvalue weighted by Crippen LogP contribution is -2.14. The monoisotopic (exact) mass is 493 g/mol. The number of ether oxygens (including phenoxy) is 3. The Hall–Kier alpha value is -4.31. The Morgan fingerprint density at radius 2 is 2.03 bits per heavy atom. The summed E-state index contributed by atoms with van der Waals surface area (Å²) < 4.78 is 31.9. The molecule has 0 bridgehead atoms. The van der Waals surface area contributed by atoms with Gasteiger partial charge in [0.15, 0.2) is 24.0 Å². The van der Waals surface area contributed by atoms with E-state index < -0.39 is 5.82 Å². The smallest absolute Gasteiger partial charge is 0.222 e. The zero-order chi connectivity index (χ0) is 25.2. The Morgan fingerprint density at radius 3 is 2.81 bits per heavy atom. The van der Waals surface area contributed by atoms with Crippen LogP contribution in [0.2, 0.25) is 0 Å². The third-order valence-corrected chi connectivity index (χ3v) is 6.00. The van der Waals surface area contributed by atoms with E-state index in [0.717, 1.165) is 5.56 Å². The molecule has 1 aromatic heterocycles. The van der Waals surface area contributed by atoms with E-state index in [-0.39, 0.29) is 37.3 Å². The summed E-state index contributed by atoms with van der Waals surface area (Å²) in [5, 5.41) is 27.6. The van der Waals surface area contributed by atoms with Crippen molar-refractivity contribution in [2.24, 2.45) is 5.18 Å². The molecule has 0 amide bonds. The number of aromatic hydroxyl groups is 2. The van der Waals surface area contributed by atoms with Gasteiger partial charge in [-0.15, -0.1) is 4.91 Å². The highest BCUT2D eigenvalue weighted by Gasteiger charge is 2.22. The number of phenolic OH excluding ortho intramolecular Hbond substituents is 1. The minimum atomic E-state index is -0.450. The molecule has 9 nitrogen and oxygen atoms in total. The minimum absolute atomic E-state index is 0.0480. The fourth-order valence-electron chi connectivity index (χ4n) is 4.38. The van der Waals surface area contributed by atoms with Gasteiger partial charge in [0.2, 0.25) is 5.88 Å². The van der Waals surface area contributed by atoms with Crippen LogP contribution < -0.4 is 14.8 Å². The summed E-state index contributed by atoms with van der Waals surface area (Å²) in [4.78, 5) is 11.6. The Balaban J connectivity index is 1.44. The topological polar surface area (TPSA) is 115 Å². The van der Waals surface area contributed by atoms with E-state index in [1.165, 1.54) is 16.7 Å². The molecule has 36 heavy (non-hydrogen) atoms. The molecule has 3 aromatic carbocycles. The molecule has 0 atom stereocenters. The Morgan fingerprint density at radius 1 is 1.17 bits per heavy atom. The van der Waals surface area contributed by atoms with Crippen molar-refractivity contribution in [3.63, 3.8) is 0 Å². The highest BCUT2D eigenvalue weighted by molar-refractivity contribution is 5.97. The van der Waals surface area contributed by atoms with Gasteiger partial charge in [0.05, 0.1) is 25.3 Å². The third-order valence-electron chi connectivity index (χ3n) is 6.00. The number of halogens is 1. The van der Waals surface area contributed by atoms with Crippen molar-refractivity contribution in [2.45, 2.75) is 26.6 Å². The van der Waals surface area contributed by atoms with Crippen LogP contribution in [0.1, 0.15) is 23.6 Å². The molecule has 1 aliphatic rings. The van der Waals surface area contributed by atoms with Crippen LogP contribution >= 0.6 is 0 Å². The van der Waals surface area contributed by atoms with Crippen LogP contribution in [-0.4, -0.2) is 28.2 Å². The van der Waals surface area contributed by atoms with E-state index in [1.54, 1.807) is 30.3 Å². The van der Waals surface area contributed by atoms with Crippen molar-refractivity contribution in [1.29, 1.82) is 0 Å². The molecule has 10 heteroatoms. The summed E-state index contributed by atoms with van der Waals surface area (Å²) in [6, 6.07) is 13.1. The summed E-state index contributed by atoms with van der Waals surface area (Å²) in [6.45, 7) is 3.03. The molecule has 0 saturated heterocycles. The number of nitrogens with zero attached hydrogens (tertiary/aromatic N) is 2. The number of fused-ring (bicyclic) bond motifs is 2. The molecule has 0 aliphatic carbocycles. The van der Waals surface area contributed by atoms with Crippen molar-refractivity contribution in [2.75, 3.05) is 18.7 Å². The standard InChI is InChI=1S/C26H24FN3O6/c1-2-35-23-6-3-15(7-22(23)31)11-28-19-4-5-21-20(10-19)24(29-33)26(32)30(21)12-16-8-18(27)9-17-13-34-14-36-25(16)17/h3-10,28,31-32H,2,11-14H2,1H3. The van der Waals surface area contributed by atoms with Gasteiger partial charge < -0.3 is 34.3 Å². The Kier molecular flexibility index (Phi) is 6.34. The zero-order valence-electron chi connectivity index (χ0n) is 19.5. The number of nitrogens with one attached hydrogen (secondary N) is 1. The first-order chi connectivity index (χ1) is 17.5. The highest BCUT2D eigenvalue weighted by Crippen LogP contribution is 2.41.